The Morgan fingerprint density at radius 2 is 1.49 bits per heavy atom. The van der Waals surface area contributed by atoms with Crippen molar-refractivity contribution < 1.29 is 22.8 Å². The van der Waals surface area contributed by atoms with Gasteiger partial charge in [0.25, 0.3) is 11.8 Å². The average Bonchev–Trinajstić information content (AvgIpc) is 3.21. The van der Waals surface area contributed by atoms with E-state index in [2.05, 4.69) is 45.9 Å². The van der Waals surface area contributed by atoms with Crippen molar-refractivity contribution in [3.8, 4) is 0 Å². The third-order valence-corrected chi connectivity index (χ3v) is 11.5. The Kier molecular flexibility index (Phi) is 11.6. The third kappa shape index (κ3) is 8.73. The number of benzene rings is 4. The lowest BCUT2D eigenvalue weighted by atomic mass is 9.90. The second-order valence-corrected chi connectivity index (χ2v) is 15.2. The van der Waals surface area contributed by atoms with Gasteiger partial charge in [-0.25, -0.2) is 8.42 Å². The van der Waals surface area contributed by atoms with Crippen molar-refractivity contribution in [1.82, 2.24) is 15.5 Å². The van der Waals surface area contributed by atoms with Crippen LogP contribution >= 0.6 is 0 Å². The van der Waals surface area contributed by atoms with Gasteiger partial charge in [0.2, 0.25) is 15.7 Å². The number of nitrogens with one attached hydrogen (secondary N) is 2. The normalized spacial score (nSPS) is 15.8. The third-order valence-electron chi connectivity index (χ3n) is 9.66. The average molecular weight is 708 g/mol. The molecule has 2 heterocycles. The maximum absolute atomic E-state index is 14.1. The van der Waals surface area contributed by atoms with Crippen LogP contribution < -0.4 is 21.3 Å². The van der Waals surface area contributed by atoms with E-state index in [1.165, 1.54) is 40.8 Å². The molecule has 0 radical (unpaired) electrons. The molecule has 0 aromatic heterocycles. The minimum Gasteiger partial charge on any atom is -0.355 e. The van der Waals surface area contributed by atoms with Crippen LogP contribution in [0.25, 0.3) is 0 Å². The molecule has 0 saturated carbocycles. The number of nitrogens with zero attached hydrogens (tertiary/aromatic N) is 2. The number of nitrogens with two attached hydrogens (primary N) is 1. The van der Waals surface area contributed by atoms with Gasteiger partial charge in [0.05, 0.1) is 34.0 Å². The highest BCUT2D eigenvalue weighted by atomic mass is 32.2. The van der Waals surface area contributed by atoms with Crippen molar-refractivity contribution in [3.05, 3.63) is 125 Å². The van der Waals surface area contributed by atoms with E-state index in [4.69, 9.17) is 5.73 Å². The Morgan fingerprint density at radius 3 is 2.24 bits per heavy atom. The van der Waals surface area contributed by atoms with E-state index in [-0.39, 0.29) is 51.4 Å². The van der Waals surface area contributed by atoms with Gasteiger partial charge in [-0.15, -0.1) is 0 Å². The molecule has 0 aliphatic carbocycles. The van der Waals surface area contributed by atoms with E-state index in [1.54, 1.807) is 12.1 Å². The summed E-state index contributed by atoms with van der Waals surface area (Å²) >= 11 is 0. The summed E-state index contributed by atoms with van der Waals surface area (Å²) in [4.78, 5) is 43.4. The minimum absolute atomic E-state index is 0.0405. The first kappa shape index (κ1) is 36.0. The Balaban J connectivity index is 1.13. The van der Waals surface area contributed by atoms with Crippen LogP contribution in [0.2, 0.25) is 0 Å². The second-order valence-electron chi connectivity index (χ2n) is 13.3. The number of carbonyl (C=O) groups excluding carboxylic acids is 3. The number of likely N-dealkylation sites (tertiary alicyclic amines) is 1. The van der Waals surface area contributed by atoms with Gasteiger partial charge in [-0.2, -0.15) is 0 Å². The lowest BCUT2D eigenvalue weighted by Crippen LogP contribution is -2.36. The molecule has 266 valence electrons. The summed E-state index contributed by atoms with van der Waals surface area (Å²) in [6, 6.07) is 28.5. The van der Waals surface area contributed by atoms with E-state index in [0.717, 1.165) is 56.4 Å². The number of amides is 3. The zero-order valence-electron chi connectivity index (χ0n) is 28.7. The molecule has 0 spiro atoms. The van der Waals surface area contributed by atoms with E-state index >= 15 is 0 Å². The van der Waals surface area contributed by atoms with Gasteiger partial charge in [0.15, 0.2) is 0 Å². The summed E-state index contributed by atoms with van der Waals surface area (Å²) in [5.74, 6) is -0.262. The van der Waals surface area contributed by atoms with Gasteiger partial charge in [-0.3, -0.25) is 14.4 Å². The first-order valence-corrected chi connectivity index (χ1v) is 19.1. The minimum atomic E-state index is -4.07. The first-order chi connectivity index (χ1) is 24.7. The summed E-state index contributed by atoms with van der Waals surface area (Å²) in [6.45, 7) is 4.26. The highest BCUT2D eigenvalue weighted by molar-refractivity contribution is 7.91. The molecule has 2 aliphatic heterocycles. The van der Waals surface area contributed by atoms with Crippen LogP contribution in [0, 0.1) is 5.92 Å². The summed E-state index contributed by atoms with van der Waals surface area (Å²) in [5.41, 5.74) is 8.87. The monoisotopic (exact) mass is 707 g/mol. The molecule has 4 N–H and O–H groups in total. The molecule has 51 heavy (non-hydrogen) atoms. The number of carbonyl (C=O) groups is 3. The molecule has 0 unspecified atom stereocenters. The summed E-state index contributed by atoms with van der Waals surface area (Å²) < 4.78 is 27.8. The number of hydrogen-bond acceptors (Lipinski definition) is 7. The first-order valence-electron chi connectivity index (χ1n) is 17.6. The number of rotatable bonds is 13. The van der Waals surface area contributed by atoms with Gasteiger partial charge in [-0.05, 0) is 98.3 Å². The van der Waals surface area contributed by atoms with Gasteiger partial charge < -0.3 is 26.2 Å². The summed E-state index contributed by atoms with van der Waals surface area (Å²) in [6.07, 6.45) is 4.41. The number of piperidine rings is 1. The largest absolute Gasteiger partial charge is 0.355 e. The molecular formula is C40H45N5O5S. The molecule has 1 saturated heterocycles. The number of fused-ring (bicyclic) bond motifs is 2. The number of sulfone groups is 1. The van der Waals surface area contributed by atoms with E-state index in [9.17, 15) is 22.8 Å². The number of anilines is 1. The quantitative estimate of drug-likeness (QED) is 0.175. The molecule has 10 nitrogen and oxygen atoms in total. The molecule has 1 fully saturated rings. The van der Waals surface area contributed by atoms with Crippen molar-refractivity contribution in [3.63, 3.8) is 0 Å². The van der Waals surface area contributed by atoms with Gasteiger partial charge in [0.1, 0.15) is 0 Å². The van der Waals surface area contributed by atoms with Crippen LogP contribution in [0.15, 0.2) is 107 Å². The molecule has 3 amide bonds. The Labute approximate surface area is 299 Å². The van der Waals surface area contributed by atoms with Crippen LogP contribution in [0.1, 0.15) is 56.7 Å². The molecule has 0 bridgehead atoms. The SMILES string of the molecule is NCCNC(=O)Cc1ccc(CN2C(=O)c3ccccc3S(=O)(=O)c3ccc(C(=O)NCCCN4CCC(Cc5ccccc5)CC4)cc32)cc1. The van der Waals surface area contributed by atoms with Crippen molar-refractivity contribution in [2.75, 3.05) is 44.2 Å². The van der Waals surface area contributed by atoms with Crippen LogP contribution in [0.3, 0.4) is 0 Å². The second kappa shape index (κ2) is 16.5. The molecule has 2 aliphatic rings. The summed E-state index contributed by atoms with van der Waals surface area (Å²) in [5, 5.41) is 5.74. The molecule has 4 aromatic rings. The molecule has 4 aromatic carbocycles. The molecule has 6 rings (SSSR count). The highest BCUT2D eigenvalue weighted by Crippen LogP contribution is 2.38. The van der Waals surface area contributed by atoms with Crippen molar-refractivity contribution >= 4 is 33.2 Å². The van der Waals surface area contributed by atoms with Crippen LogP contribution in [0.4, 0.5) is 5.69 Å². The van der Waals surface area contributed by atoms with Gasteiger partial charge in [-0.1, -0.05) is 66.7 Å². The Hall–Kier alpha value is -4.84. The van der Waals surface area contributed by atoms with E-state index in [0.29, 0.717) is 25.6 Å². The fraction of sp³-hybridized carbons (Fsp3) is 0.325. The summed E-state index contributed by atoms with van der Waals surface area (Å²) in [7, 11) is -4.07. The topological polar surface area (TPSA) is 142 Å². The fourth-order valence-electron chi connectivity index (χ4n) is 6.88. The smallest absolute Gasteiger partial charge is 0.259 e. The van der Waals surface area contributed by atoms with Crippen molar-refractivity contribution in [1.29, 1.82) is 0 Å². The molecule has 0 atom stereocenters. The predicted octanol–water partition coefficient (Wildman–Crippen LogP) is 4.37. The standard InChI is InChI=1S/C40H45N5O5S/c41-19-21-42-38(46)26-30-11-13-32(14-12-30)28-45-35-27-33(15-16-37(35)51(49,50)36-10-5-4-9-34(36)40(45)48)39(47)43-20-6-22-44-23-17-31(18-24-44)25-29-7-2-1-3-8-29/h1-5,7-16,27,31H,6,17-26,28,41H2,(H,42,46)(H,43,47). The highest BCUT2D eigenvalue weighted by Gasteiger charge is 2.36. The maximum Gasteiger partial charge on any atom is 0.259 e. The van der Waals surface area contributed by atoms with E-state index < -0.39 is 15.7 Å². The Bertz CT molecular complexity index is 1960. The van der Waals surface area contributed by atoms with Crippen LogP contribution in [0.5, 0.6) is 0 Å². The Morgan fingerprint density at radius 1 is 0.784 bits per heavy atom. The van der Waals surface area contributed by atoms with Crippen molar-refractivity contribution in [2.45, 2.75) is 48.4 Å². The molecular weight excluding hydrogens is 663 g/mol. The predicted molar refractivity (Wildman–Crippen MR) is 197 cm³/mol. The van der Waals surface area contributed by atoms with E-state index in [1.807, 2.05) is 24.3 Å². The van der Waals surface area contributed by atoms with Gasteiger partial charge in [0, 0.05) is 25.2 Å². The van der Waals surface area contributed by atoms with Crippen molar-refractivity contribution in [2.24, 2.45) is 11.7 Å². The maximum atomic E-state index is 14.1. The lowest BCUT2D eigenvalue weighted by molar-refractivity contribution is -0.120. The lowest BCUT2D eigenvalue weighted by Gasteiger charge is -2.32. The molecule has 11 heteroatoms. The van der Waals surface area contributed by atoms with Gasteiger partial charge >= 0.3 is 0 Å². The van der Waals surface area contributed by atoms with Crippen LogP contribution in [-0.2, 0) is 34.0 Å². The zero-order valence-corrected chi connectivity index (χ0v) is 29.5. The zero-order chi connectivity index (χ0) is 35.8. The fourth-order valence-corrected chi connectivity index (χ4v) is 8.51. The number of hydrogen-bond donors (Lipinski definition) is 3. The van der Waals surface area contributed by atoms with Crippen LogP contribution in [-0.4, -0.2) is 70.3 Å².